The molecule has 0 radical (unpaired) electrons. The van der Waals surface area contributed by atoms with Gasteiger partial charge in [-0.3, -0.25) is 0 Å². The predicted molar refractivity (Wildman–Crippen MR) is 99.4 cm³/mol. The Bertz CT molecular complexity index is 607. The molecule has 2 N–H and O–H groups in total. The maximum atomic E-state index is 9.69. The van der Waals surface area contributed by atoms with Gasteiger partial charge in [0.2, 0.25) is 0 Å². The zero-order valence-electron chi connectivity index (χ0n) is 10.3. The van der Waals surface area contributed by atoms with Gasteiger partial charge in [-0.15, -0.1) is 0 Å². The number of rotatable bonds is 4. The van der Waals surface area contributed by atoms with E-state index < -0.39 is 0 Å². The van der Waals surface area contributed by atoms with E-state index in [1.54, 1.807) is 6.21 Å². The van der Waals surface area contributed by atoms with Crippen LogP contribution in [0.25, 0.3) is 0 Å². The first-order valence-electron chi connectivity index (χ1n) is 5.74. The molecule has 2 aromatic rings. The summed E-state index contributed by atoms with van der Waals surface area (Å²) in [7, 11) is 0. The summed E-state index contributed by atoms with van der Waals surface area (Å²) in [6.07, 6.45) is 1.74. The van der Waals surface area contributed by atoms with Crippen LogP contribution in [0.5, 0.6) is 5.75 Å². The van der Waals surface area contributed by atoms with E-state index in [-0.39, 0.29) is 0 Å². The summed E-state index contributed by atoms with van der Waals surface area (Å²) in [4.78, 5) is 0. The van der Waals surface area contributed by atoms with Crippen molar-refractivity contribution in [3.63, 3.8) is 0 Å². The molecule has 6 heteroatoms. The number of benzene rings is 2. The Labute approximate surface area is 149 Å². The number of nitrogens with zero attached hydrogens (tertiary/aromatic N) is 1. The van der Waals surface area contributed by atoms with Crippen molar-refractivity contribution in [1.29, 1.82) is 0 Å². The number of hydrogen-bond acceptors (Lipinski definition) is 3. The molecule has 0 aliphatic carbocycles. The molecule has 20 heavy (non-hydrogen) atoms. The molecule has 0 atom stereocenters. The van der Waals surface area contributed by atoms with Crippen molar-refractivity contribution < 1.29 is 5.11 Å². The molecule has 3 nitrogen and oxygen atoms in total. The number of phenolic OH excluding ortho intramolecular Hbond substituents is 1. The highest BCUT2D eigenvalue weighted by Crippen LogP contribution is 2.26. The second-order valence-electron chi connectivity index (χ2n) is 4.05. The molecule has 2 aromatic carbocycles. The van der Waals surface area contributed by atoms with Gasteiger partial charge in [0.05, 0.1) is 19.9 Å². The third-order valence-corrected chi connectivity index (χ3v) is 4.44. The molecule has 0 bridgehead atoms. The summed E-state index contributed by atoms with van der Waals surface area (Å²) in [6.45, 7) is 0.639. The summed E-state index contributed by atoms with van der Waals surface area (Å²) in [5.41, 5.74) is 5.04. The summed E-state index contributed by atoms with van der Waals surface area (Å²) >= 11 is 10.0. The molecule has 2 rings (SSSR count). The van der Waals surface area contributed by atoms with Crippen LogP contribution in [0, 0.1) is 7.14 Å². The smallest absolute Gasteiger partial charge is 0.142 e. The molecule has 0 heterocycles. The van der Waals surface area contributed by atoms with Crippen LogP contribution in [-0.4, -0.2) is 11.3 Å². The van der Waals surface area contributed by atoms with Crippen molar-refractivity contribution in [3.05, 3.63) is 59.7 Å². The highest BCUT2D eigenvalue weighted by molar-refractivity contribution is 14.1. The Kier molecular flexibility index (Phi) is 5.91. The monoisotopic (exact) mass is 512 g/mol. The van der Waals surface area contributed by atoms with Crippen LogP contribution >= 0.6 is 56.8 Å². The first kappa shape index (κ1) is 15.8. The van der Waals surface area contributed by atoms with E-state index in [2.05, 4.69) is 55.7 Å². The number of hydrogen-bond donors (Lipinski definition) is 2. The zero-order chi connectivity index (χ0) is 14.5. The van der Waals surface area contributed by atoms with Gasteiger partial charge in [0, 0.05) is 5.02 Å². The molecule has 0 aliphatic heterocycles. The number of nitrogens with one attached hydrogen (secondary N) is 1. The molecule has 0 amide bonds. The Morgan fingerprint density at radius 3 is 2.35 bits per heavy atom. The van der Waals surface area contributed by atoms with Gasteiger partial charge in [0.1, 0.15) is 5.75 Å². The molecule has 0 saturated heterocycles. The highest BCUT2D eigenvalue weighted by atomic mass is 127. The predicted octanol–water partition coefficient (Wildman–Crippen LogP) is 4.38. The molecular weight excluding hydrogens is 501 g/mol. The van der Waals surface area contributed by atoms with Gasteiger partial charge in [0.25, 0.3) is 0 Å². The molecule has 0 aromatic heterocycles. The van der Waals surface area contributed by atoms with Gasteiger partial charge in [-0.05, 0) is 80.6 Å². The number of halogens is 3. The van der Waals surface area contributed by atoms with Gasteiger partial charge in [0.15, 0.2) is 0 Å². The van der Waals surface area contributed by atoms with Crippen molar-refractivity contribution in [1.82, 2.24) is 5.43 Å². The van der Waals surface area contributed by atoms with E-state index in [1.165, 1.54) is 0 Å². The summed E-state index contributed by atoms with van der Waals surface area (Å²) in [6, 6.07) is 11.4. The van der Waals surface area contributed by atoms with Crippen LogP contribution in [0.3, 0.4) is 0 Å². The minimum absolute atomic E-state index is 0.317. The fourth-order valence-electron chi connectivity index (χ4n) is 1.52. The standard InChI is InChI=1S/C14H11ClI2N2O/c15-11-3-1-9(2-4-11)7-18-19-8-10-5-12(16)14(20)13(17)6-10/h1-6,8,18,20H,7H2/b19-8-. The second kappa shape index (κ2) is 7.46. The first-order chi connectivity index (χ1) is 9.56. The van der Waals surface area contributed by atoms with Gasteiger partial charge < -0.3 is 10.5 Å². The fraction of sp³-hybridized carbons (Fsp3) is 0.0714. The van der Waals surface area contributed by atoms with Gasteiger partial charge in [-0.1, -0.05) is 23.7 Å². The topological polar surface area (TPSA) is 44.6 Å². The minimum Gasteiger partial charge on any atom is -0.506 e. The van der Waals surface area contributed by atoms with Crippen LogP contribution in [0.4, 0.5) is 0 Å². The molecule has 0 spiro atoms. The fourth-order valence-corrected chi connectivity index (χ4v) is 3.46. The number of hydrazone groups is 1. The number of phenols is 1. The Morgan fingerprint density at radius 1 is 1.15 bits per heavy atom. The molecule has 0 fully saturated rings. The molecule has 0 aliphatic rings. The third-order valence-electron chi connectivity index (χ3n) is 2.54. The highest BCUT2D eigenvalue weighted by Gasteiger charge is 2.04. The van der Waals surface area contributed by atoms with E-state index in [0.717, 1.165) is 23.3 Å². The second-order valence-corrected chi connectivity index (χ2v) is 6.81. The molecule has 0 saturated carbocycles. The van der Waals surface area contributed by atoms with Crippen LogP contribution in [0.2, 0.25) is 5.02 Å². The van der Waals surface area contributed by atoms with E-state index in [4.69, 9.17) is 11.6 Å². The molecule has 104 valence electrons. The van der Waals surface area contributed by atoms with Crippen molar-refractivity contribution in [3.8, 4) is 5.75 Å². The normalized spacial score (nSPS) is 10.9. The lowest BCUT2D eigenvalue weighted by molar-refractivity contribution is 0.467. The van der Waals surface area contributed by atoms with E-state index in [1.807, 2.05) is 36.4 Å². The van der Waals surface area contributed by atoms with Crippen molar-refractivity contribution in [2.45, 2.75) is 6.54 Å². The van der Waals surface area contributed by atoms with Crippen LogP contribution in [-0.2, 0) is 6.54 Å². The average molecular weight is 513 g/mol. The number of aromatic hydroxyl groups is 1. The lowest BCUT2D eigenvalue weighted by Crippen LogP contribution is -2.05. The Hall–Kier alpha value is -0.540. The van der Waals surface area contributed by atoms with Crippen LogP contribution in [0.15, 0.2) is 41.5 Å². The van der Waals surface area contributed by atoms with Crippen LogP contribution in [0.1, 0.15) is 11.1 Å². The lowest BCUT2D eigenvalue weighted by Gasteiger charge is -2.03. The van der Waals surface area contributed by atoms with Gasteiger partial charge >= 0.3 is 0 Å². The average Bonchev–Trinajstić information content (AvgIpc) is 2.43. The zero-order valence-corrected chi connectivity index (χ0v) is 15.3. The molecule has 0 unspecified atom stereocenters. The quantitative estimate of drug-likeness (QED) is 0.363. The van der Waals surface area contributed by atoms with Gasteiger partial charge in [-0.25, -0.2) is 0 Å². The van der Waals surface area contributed by atoms with Crippen molar-refractivity contribution in [2.24, 2.45) is 5.10 Å². The lowest BCUT2D eigenvalue weighted by atomic mass is 10.2. The van der Waals surface area contributed by atoms with Crippen molar-refractivity contribution >= 4 is 63.0 Å². The van der Waals surface area contributed by atoms with E-state index >= 15 is 0 Å². The van der Waals surface area contributed by atoms with E-state index in [0.29, 0.717) is 12.3 Å². The minimum atomic E-state index is 0.317. The van der Waals surface area contributed by atoms with E-state index in [9.17, 15) is 5.11 Å². The third kappa shape index (κ3) is 4.49. The summed E-state index contributed by atoms with van der Waals surface area (Å²) in [5, 5.41) is 14.6. The van der Waals surface area contributed by atoms with Crippen LogP contribution < -0.4 is 5.43 Å². The largest absolute Gasteiger partial charge is 0.506 e. The summed E-state index contributed by atoms with van der Waals surface area (Å²) in [5.74, 6) is 0.317. The molecular formula is C14H11ClI2N2O. The van der Waals surface area contributed by atoms with Crippen molar-refractivity contribution in [2.75, 3.05) is 0 Å². The maximum absolute atomic E-state index is 9.69. The SMILES string of the molecule is Oc1c(I)cc(/C=N\NCc2ccc(Cl)cc2)cc1I. The van der Waals surface area contributed by atoms with Gasteiger partial charge in [-0.2, -0.15) is 5.10 Å². The first-order valence-corrected chi connectivity index (χ1v) is 8.28. The summed E-state index contributed by atoms with van der Waals surface area (Å²) < 4.78 is 1.63. The Balaban J connectivity index is 1.95. The maximum Gasteiger partial charge on any atom is 0.142 e. The Morgan fingerprint density at radius 2 is 1.75 bits per heavy atom.